The summed E-state index contributed by atoms with van der Waals surface area (Å²) < 4.78 is 7.55. The van der Waals surface area contributed by atoms with Crippen molar-refractivity contribution >= 4 is 66.9 Å². The topological polar surface area (TPSA) is 76.4 Å². The van der Waals surface area contributed by atoms with Gasteiger partial charge in [-0.05, 0) is 62.4 Å². The first kappa shape index (κ1) is 23.8. The lowest BCUT2D eigenvalue weighted by atomic mass is 10.1. The number of carboxylic acids is 1. The average molecular weight is 538 g/mol. The van der Waals surface area contributed by atoms with Crippen molar-refractivity contribution in [2.75, 3.05) is 11.9 Å². The number of carbonyl (C=O) groups is 1. The van der Waals surface area contributed by atoms with Crippen LogP contribution in [-0.4, -0.2) is 27.2 Å². The van der Waals surface area contributed by atoms with Gasteiger partial charge in [0.15, 0.2) is 11.7 Å². The molecule has 2 aromatic heterocycles. The van der Waals surface area contributed by atoms with Crippen LogP contribution >= 0.6 is 28.3 Å². The van der Waals surface area contributed by atoms with Crippen LogP contribution in [0.4, 0.5) is 10.8 Å². The molecule has 174 valence electrons. The summed E-state index contributed by atoms with van der Waals surface area (Å²) in [6.07, 6.45) is 0. The zero-order chi connectivity index (χ0) is 22.9. The molecule has 0 aliphatic carbocycles. The van der Waals surface area contributed by atoms with Gasteiger partial charge >= 0.3 is 5.97 Å². The number of aryl methyl sites for hydroxylation is 2. The van der Waals surface area contributed by atoms with Crippen LogP contribution in [0.25, 0.3) is 33.1 Å². The number of aromatic nitrogens is 2. The summed E-state index contributed by atoms with van der Waals surface area (Å²) in [5.74, 6) is -0.477. The van der Waals surface area contributed by atoms with Gasteiger partial charge in [-0.25, -0.2) is 9.78 Å². The molecule has 0 aliphatic heterocycles. The highest BCUT2D eigenvalue weighted by Crippen LogP contribution is 2.35. The molecular weight excluding hydrogens is 514 g/mol. The van der Waals surface area contributed by atoms with Gasteiger partial charge in [-0.15, -0.1) is 28.3 Å². The number of nitrogens with one attached hydrogen (secondary N) is 1. The summed E-state index contributed by atoms with van der Waals surface area (Å²) in [6, 6.07) is 22.3. The summed E-state index contributed by atoms with van der Waals surface area (Å²) in [7, 11) is 0. The molecule has 6 nitrogen and oxygen atoms in total. The predicted molar refractivity (Wildman–Crippen MR) is 144 cm³/mol. The number of hydrogen-bond donors (Lipinski definition) is 2. The minimum atomic E-state index is -0.998. The van der Waals surface area contributed by atoms with Gasteiger partial charge in [0.1, 0.15) is 5.75 Å². The van der Waals surface area contributed by atoms with Crippen molar-refractivity contribution < 1.29 is 14.6 Å². The fourth-order valence-corrected chi connectivity index (χ4v) is 5.02. The molecule has 5 rings (SSSR count). The van der Waals surface area contributed by atoms with Crippen molar-refractivity contribution in [1.82, 2.24) is 9.55 Å². The van der Waals surface area contributed by atoms with Gasteiger partial charge < -0.3 is 19.7 Å². The molecule has 0 spiro atoms. The third kappa shape index (κ3) is 4.51. The molecule has 0 amide bonds. The number of carboxylic acid groups (broad SMARTS) is 1. The van der Waals surface area contributed by atoms with E-state index in [1.165, 1.54) is 21.8 Å². The molecule has 0 bridgehead atoms. The van der Waals surface area contributed by atoms with Crippen LogP contribution in [0.15, 0.2) is 66.7 Å². The Labute approximate surface area is 211 Å². The minimum absolute atomic E-state index is 0. The van der Waals surface area contributed by atoms with E-state index in [1.54, 1.807) is 23.5 Å². The van der Waals surface area contributed by atoms with Crippen LogP contribution in [0.2, 0.25) is 0 Å². The Balaban J connectivity index is 0.00000274. The lowest BCUT2D eigenvalue weighted by molar-refractivity contribution is -0.139. The quantitative estimate of drug-likeness (QED) is 0.233. The Morgan fingerprint density at radius 1 is 1.06 bits per heavy atom. The largest absolute Gasteiger partial charge is 0.482 e. The summed E-state index contributed by atoms with van der Waals surface area (Å²) in [5.41, 5.74) is 5.33. The molecule has 8 heteroatoms. The number of nitrogens with zero attached hydrogens (tertiary/aromatic N) is 2. The number of fused-ring (bicyclic) bond motifs is 3. The maximum atomic E-state index is 10.7. The lowest BCUT2D eigenvalue weighted by Crippen LogP contribution is -2.09. The van der Waals surface area contributed by atoms with E-state index in [2.05, 4.69) is 59.3 Å². The number of rotatable bonds is 7. The van der Waals surface area contributed by atoms with Crippen LogP contribution in [0.5, 0.6) is 5.75 Å². The number of ether oxygens (including phenoxy) is 1. The van der Waals surface area contributed by atoms with Gasteiger partial charge in [0.05, 0.1) is 5.69 Å². The summed E-state index contributed by atoms with van der Waals surface area (Å²) >= 11 is 1.60. The maximum Gasteiger partial charge on any atom is 0.341 e. The van der Waals surface area contributed by atoms with Crippen LogP contribution in [0.3, 0.4) is 0 Å². The molecule has 5 aromatic rings. The molecule has 0 aliphatic rings. The lowest BCUT2D eigenvalue weighted by Gasteiger charge is -2.05. The maximum absolute atomic E-state index is 10.7. The van der Waals surface area contributed by atoms with E-state index in [-0.39, 0.29) is 23.6 Å². The van der Waals surface area contributed by atoms with Gasteiger partial charge in [0, 0.05) is 44.5 Å². The van der Waals surface area contributed by atoms with E-state index < -0.39 is 5.97 Å². The Hall–Kier alpha value is -3.36. The van der Waals surface area contributed by atoms with E-state index in [0.717, 1.165) is 33.5 Å². The predicted octanol–water partition coefficient (Wildman–Crippen LogP) is 7.03. The number of aliphatic carboxylic acids is 1. The van der Waals surface area contributed by atoms with Gasteiger partial charge in [-0.1, -0.05) is 18.2 Å². The first-order chi connectivity index (χ1) is 16.0. The number of anilines is 2. The molecule has 34 heavy (non-hydrogen) atoms. The zero-order valence-corrected chi connectivity index (χ0v) is 21.3. The first-order valence-corrected chi connectivity index (χ1v) is 11.6. The van der Waals surface area contributed by atoms with E-state index in [1.807, 2.05) is 19.1 Å². The smallest absolute Gasteiger partial charge is 0.341 e. The van der Waals surface area contributed by atoms with Crippen molar-refractivity contribution in [3.8, 4) is 17.0 Å². The van der Waals surface area contributed by atoms with E-state index in [4.69, 9.17) is 14.8 Å². The number of hydrogen-bond acceptors (Lipinski definition) is 5. The third-order valence-electron chi connectivity index (χ3n) is 5.63. The van der Waals surface area contributed by atoms with E-state index in [9.17, 15) is 4.79 Å². The Morgan fingerprint density at radius 3 is 2.53 bits per heavy atom. The normalized spacial score (nSPS) is 10.9. The van der Waals surface area contributed by atoms with Crippen LogP contribution in [0.1, 0.15) is 11.8 Å². The van der Waals surface area contributed by atoms with E-state index in [0.29, 0.717) is 5.75 Å². The Kier molecular flexibility index (Phi) is 6.90. The minimum Gasteiger partial charge on any atom is -0.482 e. The molecule has 0 unspecified atom stereocenters. The van der Waals surface area contributed by atoms with Gasteiger partial charge in [-0.2, -0.15) is 0 Å². The Bertz CT molecular complexity index is 1470. The van der Waals surface area contributed by atoms with Gasteiger partial charge in [0.25, 0.3) is 0 Å². The number of para-hydroxylation sites is 1. The monoisotopic (exact) mass is 537 g/mol. The van der Waals surface area contributed by atoms with Crippen molar-refractivity contribution in [2.24, 2.45) is 0 Å². The zero-order valence-electron chi connectivity index (χ0n) is 18.7. The second-order valence-corrected chi connectivity index (χ2v) is 8.95. The third-order valence-corrected chi connectivity index (χ3v) is 6.51. The Morgan fingerprint density at radius 2 is 1.79 bits per heavy atom. The molecule has 0 fully saturated rings. The molecule has 3 aromatic carbocycles. The van der Waals surface area contributed by atoms with Crippen LogP contribution in [-0.2, 0) is 11.3 Å². The number of thiazole rings is 1. The molecule has 2 heterocycles. The first-order valence-electron chi connectivity index (χ1n) is 10.7. The molecule has 2 N–H and O–H groups in total. The van der Waals surface area contributed by atoms with Gasteiger partial charge in [-0.3, -0.25) is 0 Å². The average Bonchev–Trinajstić information content (AvgIpc) is 3.34. The highest BCUT2D eigenvalue weighted by Gasteiger charge is 2.13. The molecule has 0 atom stereocenters. The molecule has 0 radical (unpaired) electrons. The van der Waals surface area contributed by atoms with Crippen molar-refractivity contribution in [2.45, 2.75) is 20.4 Å². The number of benzene rings is 3. The van der Waals surface area contributed by atoms with Crippen molar-refractivity contribution in [3.63, 3.8) is 0 Å². The fraction of sp³-hybridized carbons (Fsp3) is 0.154. The molecular formula is C26H24BrN3O3S. The highest BCUT2D eigenvalue weighted by atomic mass is 79.9. The van der Waals surface area contributed by atoms with Crippen LogP contribution < -0.4 is 10.1 Å². The summed E-state index contributed by atoms with van der Waals surface area (Å²) in [6.45, 7) is 4.78. The fourth-order valence-electron chi connectivity index (χ4n) is 4.17. The van der Waals surface area contributed by atoms with Crippen molar-refractivity contribution in [3.05, 3.63) is 71.6 Å². The van der Waals surface area contributed by atoms with Crippen LogP contribution in [0, 0.1) is 6.92 Å². The molecule has 0 saturated heterocycles. The number of halogens is 1. The van der Waals surface area contributed by atoms with E-state index >= 15 is 0 Å². The highest BCUT2D eigenvalue weighted by molar-refractivity contribution is 8.93. The standard InChI is InChI=1S/C26H23N3O3S.BrH/c1-3-29-22-7-5-4-6-20(22)21-14-18(10-13-23(21)29)27-26-28-25(16(2)33-26)17-8-11-19(12-9-17)32-15-24(30)31;/h4-14H,3,15H2,1-2H3,(H,27,28)(H,30,31);1H. The SMILES string of the molecule is Br.CCn1c2ccccc2c2cc(Nc3nc(-c4ccc(OCC(=O)O)cc4)c(C)s3)ccc21. The van der Waals surface area contributed by atoms with Crippen molar-refractivity contribution in [1.29, 1.82) is 0 Å². The second kappa shape index (κ2) is 9.87. The summed E-state index contributed by atoms with van der Waals surface area (Å²) in [5, 5.41) is 15.5. The molecule has 0 saturated carbocycles. The van der Waals surface area contributed by atoms with Gasteiger partial charge in [0.2, 0.25) is 0 Å². The summed E-state index contributed by atoms with van der Waals surface area (Å²) in [4.78, 5) is 16.6. The second-order valence-electron chi connectivity index (χ2n) is 7.75.